The number of ether oxygens (including phenoxy) is 2. The second kappa shape index (κ2) is 6.36. The number of hydrogen-bond acceptors (Lipinski definition) is 5. The molecule has 110 valence electrons. The standard InChI is InChI=1S/C14H19NO5/c1-7(2)20-11(17)6-19-14(18)13-8(3)12(10(5)16)9(4)15-13/h7,15H,6H2,1-5H3. The smallest absolute Gasteiger partial charge is 0.355 e. The fourth-order valence-corrected chi connectivity index (χ4v) is 1.98. The third kappa shape index (κ3) is 3.69. The number of carbonyl (C=O) groups excluding carboxylic acids is 3. The van der Waals surface area contributed by atoms with Crippen LogP contribution in [0.4, 0.5) is 0 Å². The zero-order valence-electron chi connectivity index (χ0n) is 12.3. The Hall–Kier alpha value is -2.11. The molecule has 0 amide bonds. The third-order valence-corrected chi connectivity index (χ3v) is 2.68. The number of carbonyl (C=O) groups is 3. The van der Waals surface area contributed by atoms with Gasteiger partial charge in [-0.25, -0.2) is 9.59 Å². The van der Waals surface area contributed by atoms with E-state index in [4.69, 9.17) is 9.47 Å². The van der Waals surface area contributed by atoms with Crippen molar-refractivity contribution in [1.29, 1.82) is 0 Å². The minimum atomic E-state index is -0.682. The zero-order chi connectivity index (χ0) is 15.4. The number of aromatic nitrogens is 1. The summed E-state index contributed by atoms with van der Waals surface area (Å²) in [5.74, 6) is -1.42. The maximum atomic E-state index is 11.9. The highest BCUT2D eigenvalue weighted by Gasteiger charge is 2.21. The van der Waals surface area contributed by atoms with E-state index in [-0.39, 0.29) is 17.6 Å². The lowest BCUT2D eigenvalue weighted by atomic mass is 10.1. The highest BCUT2D eigenvalue weighted by atomic mass is 16.6. The number of ketones is 1. The van der Waals surface area contributed by atoms with E-state index in [0.717, 1.165) is 0 Å². The van der Waals surface area contributed by atoms with Crippen LogP contribution in [0.1, 0.15) is 52.9 Å². The maximum Gasteiger partial charge on any atom is 0.355 e. The van der Waals surface area contributed by atoms with E-state index in [1.54, 1.807) is 27.7 Å². The quantitative estimate of drug-likeness (QED) is 0.658. The van der Waals surface area contributed by atoms with Crippen molar-refractivity contribution in [3.05, 3.63) is 22.5 Å². The van der Waals surface area contributed by atoms with E-state index in [0.29, 0.717) is 16.8 Å². The number of aromatic amines is 1. The van der Waals surface area contributed by atoms with Gasteiger partial charge in [0.25, 0.3) is 0 Å². The molecule has 0 saturated carbocycles. The molecule has 6 nitrogen and oxygen atoms in total. The summed E-state index contributed by atoms with van der Waals surface area (Å²) in [6, 6.07) is 0. The van der Waals surface area contributed by atoms with E-state index in [2.05, 4.69) is 4.98 Å². The van der Waals surface area contributed by atoms with Gasteiger partial charge in [0.1, 0.15) is 5.69 Å². The van der Waals surface area contributed by atoms with Gasteiger partial charge in [-0.05, 0) is 40.2 Å². The Morgan fingerprint density at radius 1 is 1.20 bits per heavy atom. The first-order valence-corrected chi connectivity index (χ1v) is 6.30. The molecule has 0 spiro atoms. The number of hydrogen-bond donors (Lipinski definition) is 1. The highest BCUT2D eigenvalue weighted by molar-refractivity contribution is 6.01. The SMILES string of the molecule is CC(=O)c1c(C)[nH]c(C(=O)OCC(=O)OC(C)C)c1C. The Kier molecular flexibility index (Phi) is 5.07. The second-order valence-electron chi connectivity index (χ2n) is 4.80. The molecule has 1 aromatic heterocycles. The summed E-state index contributed by atoms with van der Waals surface area (Å²) in [7, 11) is 0. The van der Waals surface area contributed by atoms with Gasteiger partial charge in [0.05, 0.1) is 6.10 Å². The van der Waals surface area contributed by atoms with Gasteiger partial charge < -0.3 is 14.5 Å². The normalized spacial score (nSPS) is 10.5. The van der Waals surface area contributed by atoms with E-state index in [1.807, 2.05) is 0 Å². The average molecular weight is 281 g/mol. The van der Waals surface area contributed by atoms with Crippen LogP contribution >= 0.6 is 0 Å². The number of esters is 2. The van der Waals surface area contributed by atoms with Crippen molar-refractivity contribution in [2.45, 2.75) is 40.7 Å². The minimum absolute atomic E-state index is 0.130. The molecule has 0 bridgehead atoms. The van der Waals surface area contributed by atoms with E-state index >= 15 is 0 Å². The first-order valence-electron chi connectivity index (χ1n) is 6.30. The molecular weight excluding hydrogens is 262 g/mol. The predicted molar refractivity (Wildman–Crippen MR) is 71.8 cm³/mol. The molecule has 0 aromatic carbocycles. The van der Waals surface area contributed by atoms with E-state index in [9.17, 15) is 14.4 Å². The van der Waals surface area contributed by atoms with Crippen molar-refractivity contribution in [1.82, 2.24) is 4.98 Å². The van der Waals surface area contributed by atoms with E-state index < -0.39 is 18.5 Å². The first-order chi connectivity index (χ1) is 9.23. The Labute approximate surface area is 117 Å². The molecule has 0 radical (unpaired) electrons. The monoisotopic (exact) mass is 281 g/mol. The zero-order valence-corrected chi connectivity index (χ0v) is 12.3. The molecule has 0 unspecified atom stereocenters. The molecule has 0 fully saturated rings. The molecule has 0 saturated heterocycles. The van der Waals surface area contributed by atoms with Crippen LogP contribution in [-0.4, -0.2) is 35.4 Å². The number of aryl methyl sites for hydroxylation is 1. The van der Waals surface area contributed by atoms with Gasteiger partial charge in [0, 0.05) is 11.3 Å². The van der Waals surface area contributed by atoms with Gasteiger partial charge in [-0.3, -0.25) is 4.79 Å². The van der Waals surface area contributed by atoms with E-state index in [1.165, 1.54) is 6.92 Å². The fourth-order valence-electron chi connectivity index (χ4n) is 1.98. The summed E-state index contributed by atoms with van der Waals surface area (Å²) in [6.07, 6.45) is -0.264. The molecule has 0 aliphatic heterocycles. The summed E-state index contributed by atoms with van der Waals surface area (Å²) in [4.78, 5) is 37.4. The Morgan fingerprint density at radius 3 is 2.25 bits per heavy atom. The minimum Gasteiger partial charge on any atom is -0.460 e. The molecule has 1 N–H and O–H groups in total. The molecule has 1 aromatic rings. The predicted octanol–water partition coefficient (Wildman–Crippen LogP) is 1.94. The molecule has 20 heavy (non-hydrogen) atoms. The van der Waals surface area contributed by atoms with Crippen LogP contribution in [-0.2, 0) is 14.3 Å². The summed E-state index contributed by atoms with van der Waals surface area (Å²) >= 11 is 0. The summed E-state index contributed by atoms with van der Waals surface area (Å²) in [6.45, 7) is 7.74. The first kappa shape index (κ1) is 15.9. The Balaban J connectivity index is 2.77. The fraction of sp³-hybridized carbons (Fsp3) is 0.500. The third-order valence-electron chi connectivity index (χ3n) is 2.68. The topological polar surface area (TPSA) is 85.5 Å². The lowest BCUT2D eigenvalue weighted by molar-refractivity contribution is -0.151. The largest absolute Gasteiger partial charge is 0.460 e. The molecule has 0 aliphatic rings. The second-order valence-corrected chi connectivity index (χ2v) is 4.80. The molecule has 0 aliphatic carbocycles. The summed E-state index contributed by atoms with van der Waals surface area (Å²) in [5, 5.41) is 0. The van der Waals surface area contributed by atoms with Gasteiger partial charge in [-0.1, -0.05) is 0 Å². The van der Waals surface area contributed by atoms with Crippen molar-refractivity contribution in [2.24, 2.45) is 0 Å². The number of Topliss-reactive ketones (excluding diaryl/α,β-unsaturated/α-hetero) is 1. The van der Waals surface area contributed by atoms with Crippen LogP contribution in [0.5, 0.6) is 0 Å². The molecule has 0 atom stereocenters. The van der Waals surface area contributed by atoms with Gasteiger partial charge >= 0.3 is 11.9 Å². The van der Waals surface area contributed by atoms with Gasteiger partial charge in [-0.15, -0.1) is 0 Å². The summed E-state index contributed by atoms with van der Waals surface area (Å²) in [5.41, 5.74) is 1.79. The van der Waals surface area contributed by atoms with Crippen LogP contribution in [0.3, 0.4) is 0 Å². The van der Waals surface area contributed by atoms with Gasteiger partial charge in [-0.2, -0.15) is 0 Å². The lowest BCUT2D eigenvalue weighted by Gasteiger charge is -2.08. The van der Waals surface area contributed by atoms with Crippen LogP contribution in [0.2, 0.25) is 0 Å². The summed E-state index contributed by atoms with van der Waals surface area (Å²) < 4.78 is 9.72. The van der Waals surface area contributed by atoms with Gasteiger partial charge in [0.2, 0.25) is 0 Å². The molecular formula is C14H19NO5. The Morgan fingerprint density at radius 2 is 1.80 bits per heavy atom. The molecule has 1 rings (SSSR count). The van der Waals surface area contributed by atoms with Crippen molar-refractivity contribution < 1.29 is 23.9 Å². The number of nitrogens with one attached hydrogen (secondary N) is 1. The van der Waals surface area contributed by atoms with Crippen LogP contribution in [0.25, 0.3) is 0 Å². The van der Waals surface area contributed by atoms with Crippen LogP contribution in [0.15, 0.2) is 0 Å². The van der Waals surface area contributed by atoms with Crippen molar-refractivity contribution in [2.75, 3.05) is 6.61 Å². The van der Waals surface area contributed by atoms with Gasteiger partial charge in [0.15, 0.2) is 12.4 Å². The van der Waals surface area contributed by atoms with Crippen molar-refractivity contribution >= 4 is 17.7 Å². The van der Waals surface area contributed by atoms with Crippen LogP contribution < -0.4 is 0 Å². The van der Waals surface area contributed by atoms with Crippen molar-refractivity contribution in [3.63, 3.8) is 0 Å². The van der Waals surface area contributed by atoms with Crippen LogP contribution in [0, 0.1) is 13.8 Å². The lowest BCUT2D eigenvalue weighted by Crippen LogP contribution is -2.20. The maximum absolute atomic E-state index is 11.9. The number of rotatable bonds is 5. The van der Waals surface area contributed by atoms with Crippen molar-refractivity contribution in [3.8, 4) is 0 Å². The highest BCUT2D eigenvalue weighted by Crippen LogP contribution is 2.19. The molecule has 1 heterocycles. The Bertz CT molecular complexity index is 542. The molecule has 6 heteroatoms. The average Bonchev–Trinajstić information content (AvgIpc) is 2.60. The number of H-pyrrole nitrogens is 1.